The summed E-state index contributed by atoms with van der Waals surface area (Å²) in [4.78, 5) is 0. The monoisotopic (exact) mass is 440 g/mol. The predicted octanol–water partition coefficient (Wildman–Crippen LogP) is 4.77. The van der Waals surface area contributed by atoms with E-state index in [4.69, 9.17) is 0 Å². The van der Waals surface area contributed by atoms with Crippen LogP contribution in [0.2, 0.25) is 0 Å². The highest BCUT2D eigenvalue weighted by Crippen LogP contribution is 2.23. The molecule has 0 amide bonds. The lowest BCUT2D eigenvalue weighted by Gasteiger charge is -2.17. The largest absolute Gasteiger partial charge is 0.179 e. The summed E-state index contributed by atoms with van der Waals surface area (Å²) in [5, 5.41) is 1.34. The summed E-state index contributed by atoms with van der Waals surface area (Å²) in [6.45, 7) is 0. The Morgan fingerprint density at radius 3 is 1.71 bits per heavy atom. The number of hydrogen-bond acceptors (Lipinski definition) is 8. The molecule has 0 spiro atoms. The van der Waals surface area contributed by atoms with Crippen LogP contribution in [0.3, 0.4) is 0 Å². The summed E-state index contributed by atoms with van der Waals surface area (Å²) in [5.74, 6) is 11.1. The molecule has 0 heterocycles. The lowest BCUT2D eigenvalue weighted by Crippen LogP contribution is -2.14. The third kappa shape index (κ3) is 16.0. The Bertz CT molecular complexity index is 205. The van der Waals surface area contributed by atoms with Crippen molar-refractivity contribution in [2.75, 3.05) is 57.5 Å². The van der Waals surface area contributed by atoms with E-state index < -0.39 is 0 Å². The minimum Gasteiger partial charge on any atom is -0.179 e. The van der Waals surface area contributed by atoms with Crippen LogP contribution in [0.25, 0.3) is 0 Å². The highest BCUT2D eigenvalue weighted by atomic mass is 32.2. The van der Waals surface area contributed by atoms with Gasteiger partial charge in [-0.2, -0.15) is 97.6 Å². The Balaban J connectivity index is 3.59. The first-order valence-corrected chi connectivity index (χ1v) is 14.0. The SMILES string of the molecule is SCCSCCCSC(CS)CSCC(CS)SCCS. The lowest BCUT2D eigenvalue weighted by molar-refractivity contribution is 1.08. The van der Waals surface area contributed by atoms with Crippen LogP contribution in [0.1, 0.15) is 6.42 Å². The summed E-state index contributed by atoms with van der Waals surface area (Å²) in [7, 11) is 0. The van der Waals surface area contributed by atoms with Crippen molar-refractivity contribution in [3.8, 4) is 0 Å². The van der Waals surface area contributed by atoms with E-state index in [0.717, 1.165) is 28.8 Å². The van der Waals surface area contributed by atoms with Gasteiger partial charge >= 0.3 is 0 Å². The van der Waals surface area contributed by atoms with E-state index in [0.29, 0.717) is 10.5 Å². The van der Waals surface area contributed by atoms with Gasteiger partial charge in [-0.1, -0.05) is 0 Å². The summed E-state index contributed by atoms with van der Waals surface area (Å²) in [6.07, 6.45) is 1.30. The third-order valence-corrected chi connectivity index (χ3v) is 10.3. The molecule has 2 unspecified atom stereocenters. The van der Waals surface area contributed by atoms with Gasteiger partial charge in [-0.3, -0.25) is 0 Å². The van der Waals surface area contributed by atoms with Crippen LogP contribution in [0.15, 0.2) is 0 Å². The molecule has 0 radical (unpaired) electrons. The molecule has 2 atom stereocenters. The van der Waals surface area contributed by atoms with Gasteiger partial charge in [-0.25, -0.2) is 0 Å². The van der Waals surface area contributed by atoms with Crippen molar-refractivity contribution in [2.45, 2.75) is 16.9 Å². The fourth-order valence-electron chi connectivity index (χ4n) is 1.43. The van der Waals surface area contributed by atoms with Gasteiger partial charge in [0.05, 0.1) is 0 Å². The van der Waals surface area contributed by atoms with E-state index >= 15 is 0 Å². The average molecular weight is 441 g/mol. The molecule has 0 nitrogen and oxygen atoms in total. The summed E-state index contributed by atoms with van der Waals surface area (Å²) in [6, 6.07) is 0. The number of rotatable bonds is 16. The molecule has 0 bridgehead atoms. The zero-order valence-corrected chi connectivity index (χ0v) is 19.2. The molecule has 0 aliphatic carbocycles. The van der Waals surface area contributed by atoms with Gasteiger partial charge in [-0.05, 0) is 29.4 Å². The summed E-state index contributed by atoms with van der Waals surface area (Å²) >= 11 is 25.6. The molecule has 0 aromatic heterocycles. The maximum absolute atomic E-state index is 4.50. The van der Waals surface area contributed by atoms with Gasteiger partial charge in [0.1, 0.15) is 0 Å². The number of hydrogen-bond donors (Lipinski definition) is 4. The van der Waals surface area contributed by atoms with Gasteiger partial charge in [-0.15, -0.1) is 0 Å². The molecule has 0 saturated heterocycles. The van der Waals surface area contributed by atoms with E-state index in [1.807, 2.05) is 23.5 Å². The minimum absolute atomic E-state index is 0.661. The Morgan fingerprint density at radius 1 is 0.619 bits per heavy atom. The molecule has 8 heteroatoms. The van der Waals surface area contributed by atoms with Crippen molar-refractivity contribution in [3.05, 3.63) is 0 Å². The van der Waals surface area contributed by atoms with Crippen LogP contribution in [-0.2, 0) is 0 Å². The summed E-state index contributed by atoms with van der Waals surface area (Å²) in [5.41, 5.74) is 0. The van der Waals surface area contributed by atoms with E-state index in [1.165, 1.54) is 35.2 Å². The molecule has 0 saturated carbocycles. The van der Waals surface area contributed by atoms with E-state index in [2.05, 4.69) is 74.0 Å². The van der Waals surface area contributed by atoms with Gasteiger partial charge in [0.2, 0.25) is 0 Å². The van der Waals surface area contributed by atoms with Crippen molar-refractivity contribution in [1.82, 2.24) is 0 Å². The Labute approximate surface area is 170 Å². The molecule has 21 heavy (non-hydrogen) atoms. The molecule has 0 N–H and O–H groups in total. The molecule has 0 aromatic carbocycles. The van der Waals surface area contributed by atoms with Crippen LogP contribution in [-0.4, -0.2) is 68.0 Å². The molecule has 128 valence electrons. The Morgan fingerprint density at radius 2 is 1.19 bits per heavy atom. The molecule has 0 rings (SSSR count). The second kappa shape index (κ2) is 19.1. The average Bonchev–Trinajstić information content (AvgIpc) is 2.51. The first-order valence-electron chi connectivity index (χ1n) is 7.10. The molecule has 0 aliphatic rings. The van der Waals surface area contributed by atoms with Crippen molar-refractivity contribution in [2.24, 2.45) is 0 Å². The van der Waals surface area contributed by atoms with Crippen LogP contribution in [0.5, 0.6) is 0 Å². The Hall–Kier alpha value is 2.80. The van der Waals surface area contributed by atoms with E-state index in [1.54, 1.807) is 0 Å². The van der Waals surface area contributed by atoms with Gasteiger partial charge in [0, 0.05) is 45.0 Å². The maximum Gasteiger partial charge on any atom is 0.0226 e. The first kappa shape index (κ1) is 23.8. The van der Waals surface area contributed by atoms with Crippen molar-refractivity contribution in [1.29, 1.82) is 0 Å². The minimum atomic E-state index is 0.661. The predicted molar refractivity (Wildman–Crippen MR) is 127 cm³/mol. The molecule has 0 aromatic rings. The third-order valence-electron chi connectivity index (χ3n) is 2.48. The van der Waals surface area contributed by atoms with Crippen LogP contribution in [0, 0.1) is 0 Å². The smallest absolute Gasteiger partial charge is 0.0226 e. The molecular weight excluding hydrogens is 413 g/mol. The zero-order chi connectivity index (χ0) is 15.8. The fourth-order valence-corrected chi connectivity index (χ4v) is 7.78. The van der Waals surface area contributed by atoms with Gasteiger partial charge in [0.15, 0.2) is 0 Å². The van der Waals surface area contributed by atoms with Crippen LogP contribution < -0.4 is 0 Å². The molecule has 0 fully saturated rings. The van der Waals surface area contributed by atoms with Gasteiger partial charge in [0.25, 0.3) is 0 Å². The number of thiol groups is 4. The Kier molecular flexibility index (Phi) is 21.7. The van der Waals surface area contributed by atoms with Crippen molar-refractivity contribution in [3.63, 3.8) is 0 Å². The van der Waals surface area contributed by atoms with Crippen molar-refractivity contribution < 1.29 is 0 Å². The molecular formula is C13H28S8. The normalized spacial score (nSPS) is 14.3. The fraction of sp³-hybridized carbons (Fsp3) is 1.00. The van der Waals surface area contributed by atoms with E-state index in [9.17, 15) is 0 Å². The van der Waals surface area contributed by atoms with Gasteiger partial charge < -0.3 is 0 Å². The maximum atomic E-state index is 4.50. The quantitative estimate of drug-likeness (QED) is 0.202. The van der Waals surface area contributed by atoms with Crippen LogP contribution >= 0.6 is 97.6 Å². The number of thioether (sulfide) groups is 4. The zero-order valence-electron chi connectivity index (χ0n) is 12.4. The van der Waals surface area contributed by atoms with Crippen LogP contribution in [0.4, 0.5) is 0 Å². The lowest BCUT2D eigenvalue weighted by atomic mass is 10.5. The summed E-state index contributed by atoms with van der Waals surface area (Å²) < 4.78 is 0. The van der Waals surface area contributed by atoms with E-state index in [-0.39, 0.29) is 0 Å². The standard InChI is InChI=1S/C13H28S8/c14-2-6-18-4-1-5-20-12(8-16)10-19-11-13(9-17)21-7-3-15/h12-17H,1-11H2. The second-order valence-corrected chi connectivity index (χ2v) is 11.0. The topological polar surface area (TPSA) is 0 Å². The highest BCUT2D eigenvalue weighted by molar-refractivity contribution is 8.05. The second-order valence-electron chi connectivity index (χ2n) is 4.30. The molecule has 0 aliphatic heterocycles. The first-order chi connectivity index (χ1) is 10.3. The van der Waals surface area contributed by atoms with Crippen molar-refractivity contribution >= 4 is 97.6 Å². The highest BCUT2D eigenvalue weighted by Gasteiger charge is 2.11.